The summed E-state index contributed by atoms with van der Waals surface area (Å²) in [6, 6.07) is 20.6. The van der Waals surface area contributed by atoms with Crippen molar-refractivity contribution in [2.24, 2.45) is 0 Å². The maximum atomic E-state index is 13.5. The van der Waals surface area contributed by atoms with Crippen LogP contribution in [-0.2, 0) is 16.4 Å². The minimum absolute atomic E-state index is 0.0755. The molecule has 1 aliphatic rings. The van der Waals surface area contributed by atoms with Crippen LogP contribution in [0.4, 0.5) is 5.69 Å². The average molecular weight is 406 g/mol. The summed E-state index contributed by atoms with van der Waals surface area (Å²) in [5, 5.41) is 0. The summed E-state index contributed by atoms with van der Waals surface area (Å²) >= 11 is 0. The first-order valence-corrected chi connectivity index (χ1v) is 11.1. The van der Waals surface area contributed by atoms with Crippen LogP contribution in [0.1, 0.15) is 38.5 Å². The van der Waals surface area contributed by atoms with E-state index in [9.17, 15) is 13.2 Å². The number of hydrogen-bond donors (Lipinski definition) is 0. The molecule has 148 valence electrons. The molecule has 5 heteroatoms. The summed E-state index contributed by atoms with van der Waals surface area (Å²) in [5.41, 5.74) is 5.01. The number of anilines is 1. The van der Waals surface area contributed by atoms with E-state index in [1.807, 2.05) is 56.3 Å². The molecule has 0 N–H and O–H groups in total. The molecule has 1 atom stereocenters. The highest BCUT2D eigenvalue weighted by molar-refractivity contribution is 7.92. The fraction of sp³-hybridized carbons (Fsp3) is 0.208. The van der Waals surface area contributed by atoms with Gasteiger partial charge in [-0.05, 0) is 61.2 Å². The Bertz CT molecular complexity index is 1150. The van der Waals surface area contributed by atoms with E-state index in [1.165, 1.54) is 4.31 Å². The van der Waals surface area contributed by atoms with Crippen molar-refractivity contribution in [1.29, 1.82) is 0 Å². The van der Waals surface area contributed by atoms with Gasteiger partial charge in [-0.15, -0.1) is 0 Å². The normalized spacial score (nSPS) is 15.9. The van der Waals surface area contributed by atoms with E-state index in [-0.39, 0.29) is 10.8 Å². The molecular formula is C24H23NO3S. The molecule has 4 nitrogen and oxygen atoms in total. The number of fused-ring (bicyclic) bond motifs is 1. The highest BCUT2D eigenvalue weighted by Crippen LogP contribution is 2.43. The van der Waals surface area contributed by atoms with Crippen molar-refractivity contribution in [2.75, 3.05) is 10.8 Å². The molecule has 3 aromatic rings. The zero-order chi connectivity index (χ0) is 20.6. The molecule has 1 heterocycles. The maximum Gasteiger partial charge on any atom is 0.264 e. The number of carbonyl (C=O) groups excluding carboxylic acids is 1. The molecule has 0 fully saturated rings. The van der Waals surface area contributed by atoms with E-state index < -0.39 is 10.0 Å². The highest BCUT2D eigenvalue weighted by atomic mass is 32.2. The van der Waals surface area contributed by atoms with E-state index in [0.717, 1.165) is 28.5 Å². The molecule has 0 saturated heterocycles. The van der Waals surface area contributed by atoms with Crippen LogP contribution >= 0.6 is 0 Å². The number of aldehydes is 1. The maximum absolute atomic E-state index is 13.5. The minimum atomic E-state index is -3.72. The van der Waals surface area contributed by atoms with Crippen molar-refractivity contribution in [3.05, 3.63) is 94.5 Å². The van der Waals surface area contributed by atoms with Gasteiger partial charge in [-0.1, -0.05) is 48.0 Å². The second-order valence-corrected chi connectivity index (χ2v) is 9.50. The Kier molecular flexibility index (Phi) is 5.01. The summed E-state index contributed by atoms with van der Waals surface area (Å²) < 4.78 is 28.4. The molecule has 0 aliphatic carbocycles. The third-order valence-corrected chi connectivity index (χ3v) is 7.25. The van der Waals surface area contributed by atoms with E-state index >= 15 is 0 Å². The van der Waals surface area contributed by atoms with Gasteiger partial charge in [0.15, 0.2) is 0 Å². The summed E-state index contributed by atoms with van der Waals surface area (Å²) in [6.07, 6.45) is 1.52. The number of carbonyl (C=O) groups is 1. The summed E-state index contributed by atoms with van der Waals surface area (Å²) in [7, 11) is -3.72. The summed E-state index contributed by atoms with van der Waals surface area (Å²) in [5.74, 6) is -0.0755. The van der Waals surface area contributed by atoms with E-state index in [0.29, 0.717) is 24.2 Å². The van der Waals surface area contributed by atoms with Gasteiger partial charge < -0.3 is 0 Å². The molecule has 0 saturated carbocycles. The average Bonchev–Trinajstić information content (AvgIpc) is 3.07. The lowest BCUT2D eigenvalue weighted by atomic mass is 9.90. The first-order chi connectivity index (χ1) is 13.9. The number of nitrogens with zero attached hydrogens (tertiary/aromatic N) is 1. The Balaban J connectivity index is 1.82. The van der Waals surface area contributed by atoms with Crippen LogP contribution in [0.2, 0.25) is 0 Å². The number of rotatable bonds is 5. The van der Waals surface area contributed by atoms with Gasteiger partial charge in [0.1, 0.15) is 6.29 Å². The molecule has 0 radical (unpaired) electrons. The zero-order valence-corrected chi connectivity index (χ0v) is 17.3. The molecule has 1 unspecified atom stereocenters. The fourth-order valence-corrected chi connectivity index (χ4v) is 5.60. The fourth-order valence-electron chi connectivity index (χ4n) is 4.07. The number of sulfonamides is 1. The van der Waals surface area contributed by atoms with E-state index in [4.69, 9.17) is 0 Å². The number of aryl methyl sites for hydroxylation is 2. The Morgan fingerprint density at radius 1 is 0.966 bits per heavy atom. The quantitative estimate of drug-likeness (QED) is 0.581. The van der Waals surface area contributed by atoms with Gasteiger partial charge in [0, 0.05) is 18.0 Å². The molecular weight excluding hydrogens is 382 g/mol. The Morgan fingerprint density at radius 3 is 2.31 bits per heavy atom. The smallest absolute Gasteiger partial charge is 0.264 e. The number of hydrogen-bond acceptors (Lipinski definition) is 3. The van der Waals surface area contributed by atoms with E-state index in [2.05, 4.69) is 0 Å². The van der Waals surface area contributed by atoms with Gasteiger partial charge in [0.2, 0.25) is 0 Å². The van der Waals surface area contributed by atoms with Gasteiger partial charge in [-0.2, -0.15) is 0 Å². The van der Waals surface area contributed by atoms with Crippen molar-refractivity contribution >= 4 is 22.0 Å². The third kappa shape index (κ3) is 3.58. The van der Waals surface area contributed by atoms with Crippen LogP contribution in [0.3, 0.4) is 0 Å². The molecule has 0 spiro atoms. The monoisotopic (exact) mass is 405 g/mol. The van der Waals surface area contributed by atoms with Gasteiger partial charge in [-0.25, -0.2) is 8.42 Å². The second-order valence-electron chi connectivity index (χ2n) is 7.64. The largest absolute Gasteiger partial charge is 0.298 e. The Morgan fingerprint density at radius 2 is 1.66 bits per heavy atom. The predicted octanol–water partition coefficient (Wildman–Crippen LogP) is 4.65. The van der Waals surface area contributed by atoms with Crippen LogP contribution in [0.25, 0.3) is 0 Å². The van der Waals surface area contributed by atoms with Crippen molar-refractivity contribution in [3.8, 4) is 0 Å². The zero-order valence-electron chi connectivity index (χ0n) is 16.5. The van der Waals surface area contributed by atoms with Crippen molar-refractivity contribution in [1.82, 2.24) is 0 Å². The lowest BCUT2D eigenvalue weighted by Gasteiger charge is -2.20. The first kappa shape index (κ1) is 19.4. The Hall–Kier alpha value is -2.92. The first-order valence-electron chi connectivity index (χ1n) is 9.63. The molecule has 0 aromatic heterocycles. The van der Waals surface area contributed by atoms with Crippen LogP contribution < -0.4 is 4.31 Å². The van der Waals surface area contributed by atoms with Gasteiger partial charge in [0.05, 0.1) is 10.6 Å². The standard InChI is InChI=1S/C24H23NO3S/c1-17-8-10-22(11-9-17)29(27,28)25-15-20(14-19-6-4-3-5-7-19)24-21(16-26)12-18(2)13-23(24)25/h3-13,16,20H,14-15H2,1-2H3. The second kappa shape index (κ2) is 7.48. The highest BCUT2D eigenvalue weighted by Gasteiger charge is 2.38. The predicted molar refractivity (Wildman–Crippen MR) is 115 cm³/mol. The summed E-state index contributed by atoms with van der Waals surface area (Å²) in [6.45, 7) is 4.14. The van der Waals surface area contributed by atoms with Gasteiger partial charge in [0.25, 0.3) is 10.0 Å². The minimum Gasteiger partial charge on any atom is -0.298 e. The van der Waals surface area contributed by atoms with E-state index in [1.54, 1.807) is 24.3 Å². The van der Waals surface area contributed by atoms with Crippen LogP contribution in [-0.4, -0.2) is 21.2 Å². The SMILES string of the molecule is Cc1ccc(S(=O)(=O)N2CC(Cc3ccccc3)c3c(C=O)cc(C)cc32)cc1. The van der Waals surface area contributed by atoms with Crippen molar-refractivity contribution in [3.63, 3.8) is 0 Å². The van der Waals surface area contributed by atoms with Crippen molar-refractivity contribution in [2.45, 2.75) is 31.1 Å². The molecule has 3 aromatic carbocycles. The lowest BCUT2D eigenvalue weighted by molar-refractivity contribution is 0.112. The van der Waals surface area contributed by atoms with Crippen LogP contribution in [0, 0.1) is 13.8 Å². The third-order valence-electron chi connectivity index (χ3n) is 5.46. The van der Waals surface area contributed by atoms with Crippen LogP contribution in [0.15, 0.2) is 71.6 Å². The summed E-state index contributed by atoms with van der Waals surface area (Å²) in [4.78, 5) is 12.1. The lowest BCUT2D eigenvalue weighted by Crippen LogP contribution is -2.30. The topological polar surface area (TPSA) is 54.5 Å². The molecule has 1 aliphatic heterocycles. The van der Waals surface area contributed by atoms with Gasteiger partial charge >= 0.3 is 0 Å². The Labute approximate surface area is 171 Å². The molecule has 0 amide bonds. The number of benzene rings is 3. The van der Waals surface area contributed by atoms with Crippen molar-refractivity contribution < 1.29 is 13.2 Å². The molecule has 29 heavy (non-hydrogen) atoms. The van der Waals surface area contributed by atoms with Gasteiger partial charge in [-0.3, -0.25) is 9.10 Å². The molecule has 0 bridgehead atoms. The van der Waals surface area contributed by atoms with Crippen LogP contribution in [0.5, 0.6) is 0 Å². The molecule has 4 rings (SSSR count).